The number of para-hydroxylation sites is 2. The molecule has 4 aromatic rings. The molecule has 0 amide bonds. The summed E-state index contributed by atoms with van der Waals surface area (Å²) in [6.07, 6.45) is 2.14. The third-order valence-electron chi connectivity index (χ3n) is 5.46. The molecule has 1 aromatic heterocycles. The van der Waals surface area contributed by atoms with Crippen molar-refractivity contribution in [2.45, 2.75) is 19.8 Å². The molecule has 0 unspecified atom stereocenters. The number of aryl methyl sites for hydroxylation is 2. The average Bonchev–Trinajstić information content (AvgIpc) is 3.09. The zero-order valence-corrected chi connectivity index (χ0v) is 17.3. The van der Waals surface area contributed by atoms with E-state index < -0.39 is 0 Å². The number of ether oxygens (including phenoxy) is 1. The van der Waals surface area contributed by atoms with Gasteiger partial charge in [0.15, 0.2) is 0 Å². The molecule has 3 nitrogen and oxygen atoms in total. The molecule has 0 atom stereocenters. The van der Waals surface area contributed by atoms with Gasteiger partial charge in [-0.15, -0.1) is 0 Å². The first-order valence-electron chi connectivity index (χ1n) is 9.64. The third-order valence-corrected chi connectivity index (χ3v) is 7.90. The van der Waals surface area contributed by atoms with Crippen LogP contribution in [0.15, 0.2) is 65.1 Å². The van der Waals surface area contributed by atoms with E-state index in [4.69, 9.17) is 9.15 Å². The number of hydrogen-bond acceptors (Lipinski definition) is 3. The van der Waals surface area contributed by atoms with Gasteiger partial charge in [0, 0.05) is 0 Å². The summed E-state index contributed by atoms with van der Waals surface area (Å²) in [4.78, 5) is 2.27. The second-order valence-electron chi connectivity index (χ2n) is 7.36. The van der Waals surface area contributed by atoms with Gasteiger partial charge in [0.2, 0.25) is 0 Å². The van der Waals surface area contributed by atoms with Crippen LogP contribution in [-0.2, 0) is 6.42 Å². The molecule has 3 aromatic carbocycles. The zero-order chi connectivity index (χ0) is 18.7. The summed E-state index contributed by atoms with van der Waals surface area (Å²) < 4.78 is 15.3. The molecule has 138 valence electrons. The third kappa shape index (κ3) is 2.35. The number of benzene rings is 3. The molecule has 0 radical (unpaired) electrons. The van der Waals surface area contributed by atoms with Crippen LogP contribution < -0.4 is 18.6 Å². The van der Waals surface area contributed by atoms with Crippen LogP contribution in [0, 0.1) is 6.92 Å². The first kappa shape index (κ1) is 16.3. The van der Waals surface area contributed by atoms with E-state index in [1.807, 2.05) is 0 Å². The van der Waals surface area contributed by atoms with Gasteiger partial charge in [0.05, 0.1) is 0 Å². The topological polar surface area (TPSA) is 25.6 Å². The molecular weight excluding hydrogens is 413 g/mol. The van der Waals surface area contributed by atoms with E-state index in [-0.39, 0.29) is 15.0 Å². The van der Waals surface area contributed by atoms with Crippen molar-refractivity contribution in [3.63, 3.8) is 0 Å². The molecule has 6 rings (SSSR count). The normalized spacial score (nSPS) is 15.0. The minimum atomic E-state index is 0.206. The SMILES string of the molecule is Cc1ccc2oc3c(c2c1)[Se]c1ccccc1N3c1cccc2c1OCCC2. The van der Waals surface area contributed by atoms with Crippen molar-refractivity contribution in [2.75, 3.05) is 11.5 Å². The molecule has 0 spiro atoms. The predicted molar refractivity (Wildman–Crippen MR) is 114 cm³/mol. The summed E-state index contributed by atoms with van der Waals surface area (Å²) >= 11 is 0.206. The number of nitrogens with zero attached hydrogens (tertiary/aromatic N) is 1. The Morgan fingerprint density at radius 2 is 1.86 bits per heavy atom. The standard InChI is InChI=1S/C24H19NO2Se/c1-15-11-12-20-17(14-15)23-24(27-20)25(18-8-2-3-10-21(18)28-23)19-9-4-6-16-7-5-13-26-22(16)19/h2-4,6,8-12,14H,5,7,13H2,1H3. The number of anilines is 3. The fraction of sp³-hybridized carbons (Fsp3) is 0.167. The summed E-state index contributed by atoms with van der Waals surface area (Å²) in [5, 5.41) is 1.24. The van der Waals surface area contributed by atoms with Crippen molar-refractivity contribution in [1.29, 1.82) is 0 Å². The molecule has 3 heterocycles. The average molecular weight is 432 g/mol. The Kier molecular flexibility index (Phi) is 3.59. The zero-order valence-electron chi connectivity index (χ0n) is 15.6. The fourth-order valence-corrected chi connectivity index (χ4v) is 6.51. The van der Waals surface area contributed by atoms with Gasteiger partial charge in [-0.1, -0.05) is 0 Å². The van der Waals surface area contributed by atoms with Gasteiger partial charge in [-0.2, -0.15) is 0 Å². The van der Waals surface area contributed by atoms with Crippen LogP contribution in [0.1, 0.15) is 17.5 Å². The summed E-state index contributed by atoms with van der Waals surface area (Å²) in [6.45, 7) is 2.91. The summed E-state index contributed by atoms with van der Waals surface area (Å²) in [5.74, 6) is 1.95. The molecule has 2 aliphatic heterocycles. The first-order chi connectivity index (χ1) is 13.8. The quantitative estimate of drug-likeness (QED) is 0.365. The summed E-state index contributed by atoms with van der Waals surface area (Å²) in [6, 6.07) is 21.6. The number of hydrogen-bond donors (Lipinski definition) is 0. The van der Waals surface area contributed by atoms with Crippen molar-refractivity contribution in [2.24, 2.45) is 0 Å². The fourth-order valence-electron chi connectivity index (χ4n) is 4.16. The van der Waals surface area contributed by atoms with Crippen LogP contribution in [0.4, 0.5) is 17.3 Å². The molecule has 2 aliphatic rings. The van der Waals surface area contributed by atoms with Gasteiger partial charge < -0.3 is 0 Å². The number of furan rings is 1. The second-order valence-corrected chi connectivity index (χ2v) is 9.57. The van der Waals surface area contributed by atoms with Gasteiger partial charge in [-0.05, 0) is 0 Å². The Balaban J connectivity index is 1.66. The minimum absolute atomic E-state index is 0.206. The van der Waals surface area contributed by atoms with Gasteiger partial charge in [0.25, 0.3) is 0 Å². The molecule has 0 fully saturated rings. The second kappa shape index (κ2) is 6.16. The summed E-state index contributed by atoms with van der Waals surface area (Å²) in [7, 11) is 0. The Hall–Kier alpha value is -2.68. The van der Waals surface area contributed by atoms with Crippen molar-refractivity contribution in [3.8, 4) is 5.75 Å². The van der Waals surface area contributed by atoms with Crippen LogP contribution in [0.2, 0.25) is 0 Å². The Bertz CT molecular complexity index is 1230. The van der Waals surface area contributed by atoms with Crippen LogP contribution in [0.5, 0.6) is 5.75 Å². The van der Waals surface area contributed by atoms with Crippen molar-refractivity contribution >= 4 is 52.1 Å². The number of rotatable bonds is 1. The maximum absolute atomic E-state index is 6.45. The molecule has 0 aliphatic carbocycles. The van der Waals surface area contributed by atoms with E-state index in [0.29, 0.717) is 0 Å². The van der Waals surface area contributed by atoms with E-state index >= 15 is 0 Å². The first-order valence-corrected chi connectivity index (χ1v) is 11.4. The Morgan fingerprint density at radius 1 is 0.964 bits per heavy atom. The molecule has 0 saturated heterocycles. The monoisotopic (exact) mass is 433 g/mol. The van der Waals surface area contributed by atoms with E-state index in [9.17, 15) is 0 Å². The van der Waals surface area contributed by atoms with Gasteiger partial charge >= 0.3 is 170 Å². The predicted octanol–water partition coefficient (Wildman–Crippen LogP) is 4.50. The van der Waals surface area contributed by atoms with E-state index in [0.717, 1.165) is 42.4 Å². The molecule has 4 heteroatoms. The number of fused-ring (bicyclic) bond motifs is 5. The van der Waals surface area contributed by atoms with Crippen molar-refractivity contribution < 1.29 is 9.15 Å². The van der Waals surface area contributed by atoms with Gasteiger partial charge in [-0.3, -0.25) is 0 Å². The van der Waals surface area contributed by atoms with Crippen LogP contribution in [0.25, 0.3) is 11.0 Å². The molecular formula is C24H19NO2Se. The van der Waals surface area contributed by atoms with Crippen LogP contribution in [0.3, 0.4) is 0 Å². The van der Waals surface area contributed by atoms with E-state index in [1.54, 1.807) is 0 Å². The molecule has 0 bridgehead atoms. The van der Waals surface area contributed by atoms with Gasteiger partial charge in [-0.25, -0.2) is 0 Å². The van der Waals surface area contributed by atoms with Gasteiger partial charge in [0.1, 0.15) is 0 Å². The molecule has 0 N–H and O–H groups in total. The van der Waals surface area contributed by atoms with Crippen LogP contribution >= 0.6 is 0 Å². The van der Waals surface area contributed by atoms with E-state index in [2.05, 4.69) is 72.5 Å². The molecule has 28 heavy (non-hydrogen) atoms. The Labute approximate surface area is 170 Å². The summed E-state index contributed by atoms with van der Waals surface area (Å²) in [5.41, 5.74) is 5.79. The Morgan fingerprint density at radius 3 is 2.82 bits per heavy atom. The molecule has 0 saturated carbocycles. The van der Waals surface area contributed by atoms with Crippen LogP contribution in [-0.4, -0.2) is 21.6 Å². The van der Waals surface area contributed by atoms with E-state index in [1.165, 1.54) is 31.1 Å². The maximum atomic E-state index is 6.45. The van der Waals surface area contributed by atoms with Crippen molar-refractivity contribution in [1.82, 2.24) is 0 Å². The van der Waals surface area contributed by atoms with Crippen molar-refractivity contribution in [3.05, 3.63) is 71.8 Å².